The number of amides is 1. The minimum atomic E-state index is 0. The average Bonchev–Trinajstić information content (AvgIpc) is 2.99. The summed E-state index contributed by atoms with van der Waals surface area (Å²) in [5.74, 6) is 0.432. The van der Waals surface area contributed by atoms with Crippen LogP contribution in [0.1, 0.15) is 37.1 Å². The van der Waals surface area contributed by atoms with Crippen molar-refractivity contribution in [3.8, 4) is 0 Å². The summed E-state index contributed by atoms with van der Waals surface area (Å²) in [7, 11) is 0. The fraction of sp³-hybridized carbons (Fsp3) is 0.706. The number of fused-ring (bicyclic) bond motifs is 1. The van der Waals surface area contributed by atoms with Crippen LogP contribution in [0, 0.1) is 5.92 Å². The van der Waals surface area contributed by atoms with Gasteiger partial charge in [0, 0.05) is 42.5 Å². The Kier molecular flexibility index (Phi) is 6.89. The van der Waals surface area contributed by atoms with Crippen LogP contribution in [0.25, 0.3) is 0 Å². The molecule has 0 aliphatic carbocycles. The van der Waals surface area contributed by atoms with Crippen molar-refractivity contribution >= 4 is 29.7 Å². The highest BCUT2D eigenvalue weighted by Gasteiger charge is 2.26. The van der Waals surface area contributed by atoms with Crippen molar-refractivity contribution in [2.45, 2.75) is 51.7 Å². The van der Waals surface area contributed by atoms with Gasteiger partial charge < -0.3 is 10.6 Å². The molecule has 0 spiro atoms. The Morgan fingerprint density at radius 1 is 1.57 bits per heavy atom. The Balaban J connectivity index is 0.00000192. The van der Waals surface area contributed by atoms with E-state index in [-0.39, 0.29) is 24.2 Å². The first kappa shape index (κ1) is 18.7. The molecule has 1 unspecified atom stereocenters. The zero-order valence-corrected chi connectivity index (χ0v) is 15.6. The number of piperidine rings is 1. The lowest BCUT2D eigenvalue weighted by Crippen LogP contribution is -2.47. The second-order valence-corrected chi connectivity index (χ2v) is 7.76. The normalized spacial score (nSPS) is 26.0. The van der Waals surface area contributed by atoms with Crippen LogP contribution in [-0.4, -0.2) is 42.5 Å². The molecule has 2 aliphatic heterocycles. The highest BCUT2D eigenvalue weighted by atomic mass is 35.5. The Morgan fingerprint density at radius 3 is 3.17 bits per heavy atom. The third-order valence-corrected chi connectivity index (χ3v) is 6.05. The zero-order chi connectivity index (χ0) is 15.5. The third kappa shape index (κ3) is 4.69. The Bertz CT molecular complexity index is 522. The highest BCUT2D eigenvalue weighted by molar-refractivity contribution is 7.10. The molecule has 23 heavy (non-hydrogen) atoms. The van der Waals surface area contributed by atoms with Gasteiger partial charge in [-0.2, -0.15) is 0 Å². The Morgan fingerprint density at radius 2 is 2.39 bits per heavy atom. The third-order valence-electron chi connectivity index (χ3n) is 5.03. The van der Waals surface area contributed by atoms with E-state index in [0.29, 0.717) is 12.1 Å². The van der Waals surface area contributed by atoms with Crippen LogP contribution in [-0.2, 0) is 17.8 Å². The van der Waals surface area contributed by atoms with Gasteiger partial charge >= 0.3 is 0 Å². The molecule has 1 saturated heterocycles. The summed E-state index contributed by atoms with van der Waals surface area (Å²) < 4.78 is 0. The van der Waals surface area contributed by atoms with Crippen LogP contribution in [0.4, 0.5) is 0 Å². The van der Waals surface area contributed by atoms with Crippen molar-refractivity contribution in [3.63, 3.8) is 0 Å². The van der Waals surface area contributed by atoms with Gasteiger partial charge in [0.05, 0.1) is 0 Å². The Labute approximate surface area is 149 Å². The molecule has 3 atom stereocenters. The van der Waals surface area contributed by atoms with E-state index in [2.05, 4.69) is 40.8 Å². The molecule has 1 aromatic rings. The van der Waals surface area contributed by atoms with Crippen LogP contribution >= 0.6 is 23.7 Å². The van der Waals surface area contributed by atoms with E-state index in [1.807, 2.05) is 11.3 Å². The standard InChI is InChI=1S/C17H27N3OS.ClH/c1-12-9-14(3-6-18-12)17(21)19-10-13(2)20-7-4-16-15(11-20)5-8-22-16;/h5,8,12-14,18H,3-4,6-7,9-11H2,1-2H3,(H,19,21);1H/t12-,13?,14-;/m0./s1. The van der Waals surface area contributed by atoms with E-state index in [1.165, 1.54) is 10.4 Å². The van der Waals surface area contributed by atoms with Gasteiger partial charge in [-0.05, 0) is 56.7 Å². The number of nitrogens with zero attached hydrogens (tertiary/aromatic N) is 1. The fourth-order valence-corrected chi connectivity index (χ4v) is 4.43. The maximum absolute atomic E-state index is 12.3. The first-order chi connectivity index (χ1) is 10.6. The summed E-state index contributed by atoms with van der Waals surface area (Å²) in [6, 6.07) is 3.10. The lowest BCUT2D eigenvalue weighted by Gasteiger charge is -2.33. The molecule has 0 radical (unpaired) electrons. The van der Waals surface area contributed by atoms with Gasteiger partial charge in [0.25, 0.3) is 0 Å². The second kappa shape index (κ2) is 8.47. The van der Waals surface area contributed by atoms with Crippen molar-refractivity contribution in [1.82, 2.24) is 15.5 Å². The summed E-state index contributed by atoms with van der Waals surface area (Å²) in [6.07, 6.45) is 3.08. The zero-order valence-electron chi connectivity index (χ0n) is 14.0. The lowest BCUT2D eigenvalue weighted by atomic mass is 9.92. The van der Waals surface area contributed by atoms with E-state index in [4.69, 9.17) is 0 Å². The minimum absolute atomic E-state index is 0. The van der Waals surface area contributed by atoms with Gasteiger partial charge in [-0.25, -0.2) is 0 Å². The van der Waals surface area contributed by atoms with E-state index in [1.54, 1.807) is 0 Å². The summed E-state index contributed by atoms with van der Waals surface area (Å²) in [5, 5.41) is 8.78. The first-order valence-electron chi connectivity index (χ1n) is 8.44. The largest absolute Gasteiger partial charge is 0.354 e. The van der Waals surface area contributed by atoms with Crippen molar-refractivity contribution in [2.24, 2.45) is 5.92 Å². The summed E-state index contributed by atoms with van der Waals surface area (Å²) in [6.45, 7) is 8.24. The van der Waals surface area contributed by atoms with Crippen LogP contribution in [0.2, 0.25) is 0 Å². The number of hydrogen-bond acceptors (Lipinski definition) is 4. The SMILES string of the molecule is CC(CNC(=O)[C@H]1CCN[C@@H](C)C1)N1CCc2sccc2C1.Cl. The van der Waals surface area contributed by atoms with Crippen molar-refractivity contribution < 1.29 is 4.79 Å². The maximum atomic E-state index is 12.3. The van der Waals surface area contributed by atoms with E-state index < -0.39 is 0 Å². The molecule has 2 N–H and O–H groups in total. The molecule has 1 amide bonds. The molecule has 3 heterocycles. The summed E-state index contributed by atoms with van der Waals surface area (Å²) >= 11 is 1.87. The molecule has 3 rings (SSSR count). The molecule has 0 saturated carbocycles. The molecule has 1 aromatic heterocycles. The quantitative estimate of drug-likeness (QED) is 0.869. The molecule has 2 aliphatic rings. The molecule has 1 fully saturated rings. The van der Waals surface area contributed by atoms with Gasteiger partial charge in [0.15, 0.2) is 0 Å². The van der Waals surface area contributed by atoms with Crippen LogP contribution in [0.3, 0.4) is 0 Å². The lowest BCUT2D eigenvalue weighted by molar-refractivity contribution is -0.126. The van der Waals surface area contributed by atoms with Crippen molar-refractivity contribution in [3.05, 3.63) is 21.9 Å². The molecule has 0 aromatic carbocycles. The number of carbonyl (C=O) groups excluding carboxylic acids is 1. The minimum Gasteiger partial charge on any atom is -0.354 e. The number of thiophene rings is 1. The molecule has 4 nitrogen and oxygen atoms in total. The molecule has 6 heteroatoms. The number of halogens is 1. The van der Waals surface area contributed by atoms with E-state index in [9.17, 15) is 4.79 Å². The molecule has 130 valence electrons. The maximum Gasteiger partial charge on any atom is 0.223 e. The number of nitrogens with one attached hydrogen (secondary N) is 2. The summed E-state index contributed by atoms with van der Waals surface area (Å²) in [5.41, 5.74) is 1.47. The molecule has 0 bridgehead atoms. The van der Waals surface area contributed by atoms with Gasteiger partial charge in [-0.3, -0.25) is 9.69 Å². The van der Waals surface area contributed by atoms with E-state index in [0.717, 1.165) is 45.4 Å². The van der Waals surface area contributed by atoms with Gasteiger partial charge in [-0.1, -0.05) is 0 Å². The summed E-state index contributed by atoms with van der Waals surface area (Å²) in [4.78, 5) is 16.4. The molecular formula is C17H28ClN3OS. The van der Waals surface area contributed by atoms with Gasteiger partial charge in [0.1, 0.15) is 0 Å². The van der Waals surface area contributed by atoms with E-state index >= 15 is 0 Å². The number of hydrogen-bond donors (Lipinski definition) is 2. The average molecular weight is 358 g/mol. The predicted octanol–water partition coefficient (Wildman–Crippen LogP) is 2.42. The monoisotopic (exact) mass is 357 g/mol. The number of carbonyl (C=O) groups is 1. The van der Waals surface area contributed by atoms with Crippen molar-refractivity contribution in [2.75, 3.05) is 19.6 Å². The van der Waals surface area contributed by atoms with Crippen LogP contribution < -0.4 is 10.6 Å². The molecular weight excluding hydrogens is 330 g/mol. The van der Waals surface area contributed by atoms with Gasteiger partial charge in [-0.15, -0.1) is 23.7 Å². The van der Waals surface area contributed by atoms with Crippen molar-refractivity contribution in [1.29, 1.82) is 0 Å². The van der Waals surface area contributed by atoms with Gasteiger partial charge in [0.2, 0.25) is 5.91 Å². The predicted molar refractivity (Wildman–Crippen MR) is 98.3 cm³/mol. The smallest absolute Gasteiger partial charge is 0.223 e. The second-order valence-electron chi connectivity index (χ2n) is 6.76. The highest BCUT2D eigenvalue weighted by Crippen LogP contribution is 2.25. The van der Waals surface area contributed by atoms with Crippen LogP contribution in [0.15, 0.2) is 11.4 Å². The fourth-order valence-electron chi connectivity index (χ4n) is 3.54. The first-order valence-corrected chi connectivity index (χ1v) is 9.32. The number of rotatable bonds is 4. The van der Waals surface area contributed by atoms with Crippen LogP contribution in [0.5, 0.6) is 0 Å². The topological polar surface area (TPSA) is 44.4 Å². The Hall–Kier alpha value is -0.620.